The zero-order valence-corrected chi connectivity index (χ0v) is 15.5. The standard InChI is InChI=1S/C15H16N6O2.C2H6O.ClH/c16-14(17)20-10-3-1-9(2-4-10)13(22)23-12-7-5-11(6-8-12)21-15(18)19;1-2-3;/h1-8H,(H4,16,17,20)(H4,18,19,21);3H,2H2,1H3;1H. The van der Waals surface area contributed by atoms with Crippen LogP contribution in [0, 0.1) is 0 Å². The fraction of sp³-hybridized carbons (Fsp3) is 0.118. The molecular weight excluding hydrogens is 372 g/mol. The average Bonchev–Trinajstić information content (AvgIpc) is 2.57. The number of carbonyl (C=O) groups excluding carboxylic acids is 1. The molecule has 0 aliphatic carbocycles. The third-order valence-electron chi connectivity index (χ3n) is 2.67. The van der Waals surface area contributed by atoms with Crippen LogP contribution in [0.25, 0.3) is 0 Å². The average molecular weight is 395 g/mol. The highest BCUT2D eigenvalue weighted by Crippen LogP contribution is 2.20. The summed E-state index contributed by atoms with van der Waals surface area (Å²) in [5.41, 5.74) is 22.6. The summed E-state index contributed by atoms with van der Waals surface area (Å²) < 4.78 is 5.25. The van der Waals surface area contributed by atoms with Crippen LogP contribution in [0.3, 0.4) is 0 Å². The van der Waals surface area contributed by atoms with Crippen LogP contribution >= 0.6 is 12.4 Å². The maximum Gasteiger partial charge on any atom is 0.343 e. The van der Waals surface area contributed by atoms with Crippen molar-refractivity contribution < 1.29 is 14.6 Å². The third-order valence-corrected chi connectivity index (χ3v) is 2.67. The lowest BCUT2D eigenvalue weighted by Crippen LogP contribution is -2.21. The predicted molar refractivity (Wildman–Crippen MR) is 109 cm³/mol. The second-order valence-electron chi connectivity index (χ2n) is 4.82. The summed E-state index contributed by atoms with van der Waals surface area (Å²) in [5, 5.41) is 7.57. The zero-order valence-electron chi connectivity index (χ0n) is 14.7. The van der Waals surface area contributed by atoms with Crippen molar-refractivity contribution in [3.8, 4) is 5.75 Å². The van der Waals surface area contributed by atoms with Crippen LogP contribution in [0.4, 0.5) is 11.4 Å². The molecule has 27 heavy (non-hydrogen) atoms. The number of benzene rings is 2. The van der Waals surface area contributed by atoms with E-state index in [1.807, 2.05) is 0 Å². The number of hydrogen-bond donors (Lipinski definition) is 5. The predicted octanol–water partition coefficient (Wildman–Crippen LogP) is 1.14. The summed E-state index contributed by atoms with van der Waals surface area (Å²) in [6.45, 7) is 1.93. The number of ether oxygens (including phenoxy) is 1. The number of aliphatic hydroxyl groups excluding tert-OH is 1. The molecule has 0 bridgehead atoms. The summed E-state index contributed by atoms with van der Waals surface area (Å²) in [5.74, 6) is -0.231. The smallest absolute Gasteiger partial charge is 0.343 e. The van der Waals surface area contributed by atoms with E-state index >= 15 is 0 Å². The number of guanidine groups is 2. The lowest BCUT2D eigenvalue weighted by Gasteiger charge is -2.05. The second kappa shape index (κ2) is 12.1. The molecule has 0 saturated carbocycles. The van der Waals surface area contributed by atoms with E-state index in [4.69, 9.17) is 32.8 Å². The van der Waals surface area contributed by atoms with Crippen molar-refractivity contribution in [3.05, 3.63) is 54.1 Å². The first kappa shape index (κ1) is 23.7. The van der Waals surface area contributed by atoms with E-state index < -0.39 is 5.97 Å². The highest BCUT2D eigenvalue weighted by Gasteiger charge is 2.08. The summed E-state index contributed by atoms with van der Waals surface area (Å²) >= 11 is 0. The molecule has 9 N–H and O–H groups in total. The highest BCUT2D eigenvalue weighted by atomic mass is 35.5. The fourth-order valence-corrected chi connectivity index (χ4v) is 1.72. The summed E-state index contributed by atoms with van der Waals surface area (Å²) in [6, 6.07) is 12.8. The van der Waals surface area contributed by atoms with Crippen molar-refractivity contribution in [2.24, 2.45) is 32.9 Å². The van der Waals surface area contributed by atoms with Crippen molar-refractivity contribution in [1.82, 2.24) is 0 Å². The minimum absolute atomic E-state index is 0. The maximum atomic E-state index is 12.0. The van der Waals surface area contributed by atoms with Crippen LogP contribution in [0.2, 0.25) is 0 Å². The summed E-state index contributed by atoms with van der Waals surface area (Å²) in [4.78, 5) is 19.8. The van der Waals surface area contributed by atoms with E-state index in [9.17, 15) is 4.79 Å². The molecule has 0 amide bonds. The van der Waals surface area contributed by atoms with Crippen LogP contribution in [-0.4, -0.2) is 29.6 Å². The number of rotatable bonds is 4. The number of aliphatic hydroxyl groups is 1. The first-order chi connectivity index (χ1) is 12.3. The van der Waals surface area contributed by atoms with E-state index in [2.05, 4.69) is 9.98 Å². The Hall–Kier alpha value is -3.30. The van der Waals surface area contributed by atoms with Crippen LogP contribution < -0.4 is 27.7 Å². The molecule has 9 nitrogen and oxygen atoms in total. The quantitative estimate of drug-likeness (QED) is 0.223. The molecule has 0 atom stereocenters. The van der Waals surface area contributed by atoms with Crippen molar-refractivity contribution in [2.75, 3.05) is 6.61 Å². The van der Waals surface area contributed by atoms with Crippen LogP contribution in [-0.2, 0) is 0 Å². The second-order valence-corrected chi connectivity index (χ2v) is 4.82. The van der Waals surface area contributed by atoms with Gasteiger partial charge in [-0.3, -0.25) is 0 Å². The highest BCUT2D eigenvalue weighted by molar-refractivity contribution is 5.91. The third kappa shape index (κ3) is 9.10. The maximum absolute atomic E-state index is 12.0. The minimum Gasteiger partial charge on any atom is -0.423 e. The lowest BCUT2D eigenvalue weighted by atomic mass is 10.2. The molecule has 0 aliphatic heterocycles. The molecular formula is C17H23ClN6O3. The Bertz CT molecular complexity index is 768. The molecule has 2 aromatic rings. The van der Waals surface area contributed by atoms with Gasteiger partial charge in [0.2, 0.25) is 0 Å². The Morgan fingerprint density at radius 3 is 1.63 bits per heavy atom. The number of nitrogens with zero attached hydrogens (tertiary/aromatic N) is 2. The zero-order chi connectivity index (χ0) is 19.5. The summed E-state index contributed by atoms with van der Waals surface area (Å²) in [6.07, 6.45) is 0. The van der Waals surface area contributed by atoms with Crippen molar-refractivity contribution in [3.63, 3.8) is 0 Å². The van der Waals surface area contributed by atoms with Crippen LogP contribution in [0.15, 0.2) is 58.5 Å². The van der Waals surface area contributed by atoms with Gasteiger partial charge in [0.15, 0.2) is 11.9 Å². The first-order valence-corrected chi connectivity index (χ1v) is 7.58. The van der Waals surface area contributed by atoms with Gasteiger partial charge in [-0.15, -0.1) is 12.4 Å². The number of nitrogens with two attached hydrogens (primary N) is 4. The van der Waals surface area contributed by atoms with E-state index in [0.29, 0.717) is 22.7 Å². The Kier molecular flexibility index (Phi) is 10.6. The van der Waals surface area contributed by atoms with Gasteiger partial charge in [-0.2, -0.15) is 0 Å². The van der Waals surface area contributed by atoms with Gasteiger partial charge in [-0.1, -0.05) is 0 Å². The van der Waals surface area contributed by atoms with Crippen LogP contribution in [0.5, 0.6) is 5.75 Å². The van der Waals surface area contributed by atoms with Crippen molar-refractivity contribution in [2.45, 2.75) is 6.92 Å². The molecule has 0 radical (unpaired) electrons. The molecule has 0 spiro atoms. The molecule has 0 aliphatic rings. The number of hydrogen-bond acceptors (Lipinski definition) is 5. The number of carbonyl (C=O) groups is 1. The molecule has 0 saturated heterocycles. The van der Waals surface area contributed by atoms with Gasteiger partial charge in [-0.05, 0) is 55.5 Å². The molecule has 0 heterocycles. The monoisotopic (exact) mass is 394 g/mol. The molecule has 2 rings (SSSR count). The Labute approximate surface area is 163 Å². The van der Waals surface area contributed by atoms with Crippen LogP contribution in [0.1, 0.15) is 17.3 Å². The van der Waals surface area contributed by atoms with E-state index in [1.165, 1.54) is 0 Å². The molecule has 0 aromatic heterocycles. The first-order valence-electron chi connectivity index (χ1n) is 7.58. The lowest BCUT2D eigenvalue weighted by molar-refractivity contribution is 0.0735. The number of esters is 1. The molecule has 146 valence electrons. The van der Waals surface area contributed by atoms with Crippen molar-refractivity contribution >= 4 is 41.7 Å². The topological polar surface area (TPSA) is 175 Å². The minimum atomic E-state index is -0.504. The largest absolute Gasteiger partial charge is 0.423 e. The normalized spacial score (nSPS) is 8.96. The number of halogens is 1. The van der Waals surface area contributed by atoms with Gasteiger partial charge in [0.05, 0.1) is 16.9 Å². The Morgan fingerprint density at radius 2 is 1.26 bits per heavy atom. The van der Waals surface area contributed by atoms with Gasteiger partial charge < -0.3 is 32.8 Å². The van der Waals surface area contributed by atoms with E-state index in [1.54, 1.807) is 55.5 Å². The van der Waals surface area contributed by atoms with Gasteiger partial charge >= 0.3 is 5.97 Å². The van der Waals surface area contributed by atoms with Gasteiger partial charge in [0, 0.05) is 6.61 Å². The van der Waals surface area contributed by atoms with Crippen molar-refractivity contribution in [1.29, 1.82) is 0 Å². The molecule has 0 fully saturated rings. The molecule has 2 aromatic carbocycles. The van der Waals surface area contributed by atoms with Gasteiger partial charge in [0.25, 0.3) is 0 Å². The number of aliphatic imine (C=N–C) groups is 2. The molecule has 0 unspecified atom stereocenters. The Balaban J connectivity index is 0.00000158. The van der Waals surface area contributed by atoms with Gasteiger partial charge in [-0.25, -0.2) is 14.8 Å². The summed E-state index contributed by atoms with van der Waals surface area (Å²) in [7, 11) is 0. The van der Waals surface area contributed by atoms with Gasteiger partial charge in [0.1, 0.15) is 5.75 Å². The Morgan fingerprint density at radius 1 is 0.889 bits per heavy atom. The van der Waals surface area contributed by atoms with E-state index in [-0.39, 0.29) is 30.9 Å². The molecule has 10 heteroatoms. The SMILES string of the molecule is CCO.Cl.NC(N)=Nc1ccc(OC(=O)c2ccc(N=C(N)N)cc2)cc1. The van der Waals surface area contributed by atoms with E-state index in [0.717, 1.165) is 0 Å². The fourth-order valence-electron chi connectivity index (χ4n) is 1.72.